The summed E-state index contributed by atoms with van der Waals surface area (Å²) in [6.45, 7) is 4.20. The van der Waals surface area contributed by atoms with E-state index in [1.165, 1.54) is 0 Å². The standard InChI is InChI=1S/C14H20ClN3O3/c1-3-16-12-7-10(6-11(15)18-12)13(19)17-8-14(20-2)4-5-21-9-14/h6-7H,3-5,8-9H2,1-2H3,(H,16,18)(H,17,19). The van der Waals surface area contributed by atoms with Gasteiger partial charge in [-0.2, -0.15) is 0 Å². The molecule has 21 heavy (non-hydrogen) atoms. The smallest absolute Gasteiger partial charge is 0.251 e. The maximum atomic E-state index is 12.2. The molecule has 0 aliphatic carbocycles. The van der Waals surface area contributed by atoms with E-state index in [0.29, 0.717) is 37.7 Å². The van der Waals surface area contributed by atoms with Crippen LogP contribution in [-0.2, 0) is 9.47 Å². The van der Waals surface area contributed by atoms with Crippen LogP contribution in [0, 0.1) is 0 Å². The fraction of sp³-hybridized carbons (Fsp3) is 0.571. The number of nitrogens with one attached hydrogen (secondary N) is 2. The molecule has 2 heterocycles. The van der Waals surface area contributed by atoms with Gasteiger partial charge in [0.25, 0.3) is 5.91 Å². The van der Waals surface area contributed by atoms with Crippen molar-refractivity contribution in [3.8, 4) is 0 Å². The minimum Gasteiger partial charge on any atom is -0.378 e. The van der Waals surface area contributed by atoms with Gasteiger partial charge in [-0.1, -0.05) is 11.6 Å². The van der Waals surface area contributed by atoms with Gasteiger partial charge in [-0.3, -0.25) is 4.79 Å². The molecule has 0 saturated carbocycles. The molecular weight excluding hydrogens is 294 g/mol. The van der Waals surface area contributed by atoms with Crippen molar-refractivity contribution in [1.82, 2.24) is 10.3 Å². The molecule has 7 heteroatoms. The molecular formula is C14H20ClN3O3. The molecule has 1 aromatic heterocycles. The van der Waals surface area contributed by atoms with E-state index in [9.17, 15) is 4.79 Å². The van der Waals surface area contributed by atoms with Gasteiger partial charge >= 0.3 is 0 Å². The normalized spacial score (nSPS) is 21.3. The third kappa shape index (κ3) is 4.06. The quantitative estimate of drug-likeness (QED) is 0.782. The molecule has 1 unspecified atom stereocenters. The van der Waals surface area contributed by atoms with E-state index in [4.69, 9.17) is 21.1 Å². The highest BCUT2D eigenvalue weighted by atomic mass is 35.5. The zero-order chi connectivity index (χ0) is 15.3. The number of hydrogen-bond donors (Lipinski definition) is 2. The average Bonchev–Trinajstić information content (AvgIpc) is 2.94. The molecule has 116 valence electrons. The third-order valence-electron chi connectivity index (χ3n) is 3.49. The minimum absolute atomic E-state index is 0.207. The Hall–Kier alpha value is -1.37. The lowest BCUT2D eigenvalue weighted by atomic mass is 10.0. The largest absolute Gasteiger partial charge is 0.378 e. The zero-order valence-corrected chi connectivity index (χ0v) is 13.0. The second-order valence-electron chi connectivity index (χ2n) is 4.97. The molecule has 1 saturated heterocycles. The van der Waals surface area contributed by atoms with Gasteiger partial charge in [0, 0.05) is 38.8 Å². The number of hydrogen-bond acceptors (Lipinski definition) is 5. The van der Waals surface area contributed by atoms with Gasteiger partial charge in [0.1, 0.15) is 16.6 Å². The maximum Gasteiger partial charge on any atom is 0.251 e. The predicted octanol–water partition coefficient (Wildman–Crippen LogP) is 1.70. The monoisotopic (exact) mass is 313 g/mol. The molecule has 2 rings (SSSR count). The highest BCUT2D eigenvalue weighted by Crippen LogP contribution is 2.22. The summed E-state index contributed by atoms with van der Waals surface area (Å²) in [4.78, 5) is 16.3. The lowest BCUT2D eigenvalue weighted by Gasteiger charge is -2.25. The van der Waals surface area contributed by atoms with Gasteiger partial charge in [-0.05, 0) is 19.1 Å². The van der Waals surface area contributed by atoms with Crippen molar-refractivity contribution < 1.29 is 14.3 Å². The number of pyridine rings is 1. The Bertz CT molecular complexity index is 504. The molecule has 0 bridgehead atoms. The van der Waals surface area contributed by atoms with Gasteiger partial charge in [0.05, 0.1) is 6.61 Å². The molecule has 6 nitrogen and oxygen atoms in total. The predicted molar refractivity (Wildman–Crippen MR) is 80.9 cm³/mol. The number of halogens is 1. The number of ether oxygens (including phenoxy) is 2. The van der Waals surface area contributed by atoms with Crippen LogP contribution in [0.4, 0.5) is 5.82 Å². The molecule has 1 atom stereocenters. The summed E-state index contributed by atoms with van der Waals surface area (Å²) in [6.07, 6.45) is 0.767. The Balaban J connectivity index is 2.02. The van der Waals surface area contributed by atoms with Gasteiger partial charge in [-0.15, -0.1) is 0 Å². The fourth-order valence-electron chi connectivity index (χ4n) is 2.20. The van der Waals surface area contributed by atoms with Crippen LogP contribution in [0.1, 0.15) is 23.7 Å². The minimum atomic E-state index is -0.434. The third-order valence-corrected chi connectivity index (χ3v) is 3.68. The summed E-state index contributed by atoms with van der Waals surface area (Å²) < 4.78 is 10.8. The summed E-state index contributed by atoms with van der Waals surface area (Å²) in [6, 6.07) is 3.22. The number of rotatable bonds is 6. The number of anilines is 1. The Kier molecular flexibility index (Phi) is 5.39. The number of nitrogens with zero attached hydrogens (tertiary/aromatic N) is 1. The lowest BCUT2D eigenvalue weighted by molar-refractivity contribution is -0.0148. The van der Waals surface area contributed by atoms with Crippen molar-refractivity contribution in [3.05, 3.63) is 22.8 Å². The topological polar surface area (TPSA) is 72.5 Å². The first kappa shape index (κ1) is 16.0. The van der Waals surface area contributed by atoms with Crippen molar-refractivity contribution in [2.45, 2.75) is 18.9 Å². The Morgan fingerprint density at radius 1 is 1.57 bits per heavy atom. The molecule has 1 amide bonds. The SMILES string of the molecule is CCNc1cc(C(=O)NCC2(OC)CCOC2)cc(Cl)n1. The number of aromatic nitrogens is 1. The van der Waals surface area contributed by atoms with E-state index >= 15 is 0 Å². The van der Waals surface area contributed by atoms with Crippen LogP contribution >= 0.6 is 11.6 Å². The average molecular weight is 314 g/mol. The molecule has 1 aliphatic rings. The second kappa shape index (κ2) is 7.06. The molecule has 1 fully saturated rings. The first-order valence-electron chi connectivity index (χ1n) is 6.91. The Morgan fingerprint density at radius 3 is 3.00 bits per heavy atom. The summed E-state index contributed by atoms with van der Waals surface area (Å²) in [5.41, 5.74) is 0.0351. The molecule has 2 N–H and O–H groups in total. The highest BCUT2D eigenvalue weighted by molar-refractivity contribution is 6.29. The van der Waals surface area contributed by atoms with E-state index in [2.05, 4.69) is 15.6 Å². The zero-order valence-electron chi connectivity index (χ0n) is 12.2. The van der Waals surface area contributed by atoms with Crippen molar-refractivity contribution in [1.29, 1.82) is 0 Å². The van der Waals surface area contributed by atoms with Crippen LogP contribution in [-0.4, -0.2) is 49.9 Å². The summed E-state index contributed by atoms with van der Waals surface area (Å²) in [5.74, 6) is 0.377. The summed E-state index contributed by atoms with van der Waals surface area (Å²) in [5, 5.41) is 6.19. The molecule has 0 radical (unpaired) electrons. The number of methoxy groups -OCH3 is 1. The summed E-state index contributed by atoms with van der Waals surface area (Å²) in [7, 11) is 1.63. The highest BCUT2D eigenvalue weighted by Gasteiger charge is 2.35. The van der Waals surface area contributed by atoms with E-state index in [1.807, 2.05) is 6.92 Å². The van der Waals surface area contributed by atoms with Crippen LogP contribution in [0.15, 0.2) is 12.1 Å². The van der Waals surface area contributed by atoms with E-state index in [0.717, 1.165) is 6.42 Å². The van der Waals surface area contributed by atoms with Crippen molar-refractivity contribution in [2.75, 3.05) is 38.7 Å². The van der Waals surface area contributed by atoms with E-state index < -0.39 is 5.60 Å². The first-order chi connectivity index (χ1) is 10.1. The number of carbonyl (C=O) groups is 1. The van der Waals surface area contributed by atoms with Crippen LogP contribution < -0.4 is 10.6 Å². The van der Waals surface area contributed by atoms with Crippen molar-refractivity contribution in [2.24, 2.45) is 0 Å². The van der Waals surface area contributed by atoms with Gasteiger partial charge in [-0.25, -0.2) is 4.98 Å². The lowest BCUT2D eigenvalue weighted by Crippen LogP contribution is -2.45. The summed E-state index contributed by atoms with van der Waals surface area (Å²) >= 11 is 5.94. The molecule has 1 aliphatic heterocycles. The fourth-order valence-corrected chi connectivity index (χ4v) is 2.41. The van der Waals surface area contributed by atoms with Gasteiger partial charge in [0.15, 0.2) is 0 Å². The van der Waals surface area contributed by atoms with Crippen molar-refractivity contribution in [3.63, 3.8) is 0 Å². The van der Waals surface area contributed by atoms with Gasteiger partial charge in [0.2, 0.25) is 0 Å². The second-order valence-corrected chi connectivity index (χ2v) is 5.35. The maximum absolute atomic E-state index is 12.2. The molecule has 0 spiro atoms. The number of carbonyl (C=O) groups excluding carboxylic acids is 1. The molecule has 0 aromatic carbocycles. The number of amides is 1. The Morgan fingerprint density at radius 2 is 2.38 bits per heavy atom. The van der Waals surface area contributed by atoms with Crippen molar-refractivity contribution >= 4 is 23.3 Å². The van der Waals surface area contributed by atoms with Gasteiger partial charge < -0.3 is 20.1 Å². The van der Waals surface area contributed by atoms with Crippen LogP contribution in [0.5, 0.6) is 0 Å². The Labute approximate surface area is 129 Å². The van der Waals surface area contributed by atoms with E-state index in [-0.39, 0.29) is 11.1 Å². The van der Waals surface area contributed by atoms with Crippen LogP contribution in [0.25, 0.3) is 0 Å². The van der Waals surface area contributed by atoms with E-state index in [1.54, 1.807) is 19.2 Å². The van der Waals surface area contributed by atoms with Crippen LogP contribution in [0.2, 0.25) is 5.15 Å². The molecule has 1 aromatic rings. The first-order valence-corrected chi connectivity index (χ1v) is 7.29. The van der Waals surface area contributed by atoms with Crippen LogP contribution in [0.3, 0.4) is 0 Å².